The summed E-state index contributed by atoms with van der Waals surface area (Å²) in [6.07, 6.45) is 4.40. The summed E-state index contributed by atoms with van der Waals surface area (Å²) in [5.74, 6) is 0.729. The van der Waals surface area contributed by atoms with Crippen LogP contribution in [0.15, 0.2) is 17.1 Å². The van der Waals surface area contributed by atoms with E-state index in [0.717, 1.165) is 22.5 Å². The molecule has 0 radical (unpaired) electrons. The lowest BCUT2D eigenvalue weighted by molar-refractivity contribution is 0.450. The van der Waals surface area contributed by atoms with E-state index in [1.165, 1.54) is 12.8 Å². The third-order valence-electron chi connectivity index (χ3n) is 3.50. The Kier molecular flexibility index (Phi) is 1.93. The number of fused-ring (bicyclic) bond motifs is 1. The van der Waals surface area contributed by atoms with Gasteiger partial charge in [0.15, 0.2) is 0 Å². The summed E-state index contributed by atoms with van der Waals surface area (Å²) in [4.78, 5) is 14.4. The number of nitrogens with one attached hydrogen (secondary N) is 1. The van der Waals surface area contributed by atoms with Crippen LogP contribution in [0, 0.1) is 12.8 Å². The first kappa shape index (κ1) is 9.63. The van der Waals surface area contributed by atoms with Gasteiger partial charge in [-0.05, 0) is 38.2 Å². The summed E-state index contributed by atoms with van der Waals surface area (Å²) < 4.78 is 1.96. The molecule has 1 aliphatic carbocycles. The lowest BCUT2D eigenvalue weighted by atomic mass is 10.2. The van der Waals surface area contributed by atoms with Crippen LogP contribution in [0.25, 0.3) is 11.0 Å². The van der Waals surface area contributed by atoms with Crippen LogP contribution < -0.4 is 5.56 Å². The van der Waals surface area contributed by atoms with E-state index in [0.29, 0.717) is 6.04 Å². The summed E-state index contributed by atoms with van der Waals surface area (Å²) >= 11 is 0. The van der Waals surface area contributed by atoms with Gasteiger partial charge in [-0.2, -0.15) is 5.10 Å². The Morgan fingerprint density at radius 2 is 2.31 bits per heavy atom. The molecule has 0 saturated heterocycles. The van der Waals surface area contributed by atoms with Crippen LogP contribution in [0.1, 0.15) is 31.4 Å². The molecular formula is C12H15N3O. The van der Waals surface area contributed by atoms with Gasteiger partial charge in [-0.1, -0.05) is 0 Å². The van der Waals surface area contributed by atoms with Crippen LogP contribution in [0.4, 0.5) is 0 Å². The maximum atomic E-state index is 11.5. The lowest BCUT2D eigenvalue weighted by Crippen LogP contribution is -2.13. The number of aromatic amines is 1. The van der Waals surface area contributed by atoms with E-state index in [2.05, 4.69) is 17.0 Å². The molecule has 3 rings (SSSR count). The fraction of sp³-hybridized carbons (Fsp3) is 0.500. The zero-order valence-electron chi connectivity index (χ0n) is 9.53. The Balaban J connectivity index is 2.22. The van der Waals surface area contributed by atoms with Crippen LogP contribution in [-0.2, 0) is 0 Å². The minimum atomic E-state index is -0.0465. The first-order chi connectivity index (χ1) is 7.66. The van der Waals surface area contributed by atoms with E-state index >= 15 is 0 Å². The molecule has 1 atom stereocenters. The lowest BCUT2D eigenvalue weighted by Gasteiger charge is -2.11. The van der Waals surface area contributed by atoms with Gasteiger partial charge in [-0.3, -0.25) is 4.79 Å². The van der Waals surface area contributed by atoms with Crippen LogP contribution in [0.2, 0.25) is 0 Å². The predicted octanol–water partition coefficient (Wildman–Crippen LogP) is 2.00. The molecule has 2 aromatic heterocycles. The number of nitrogens with zero attached hydrogens (tertiary/aromatic N) is 2. The SMILES string of the molecule is Cc1cc(=O)[nH]c2c1cnn2[C@H](C)C1CC1. The first-order valence-corrected chi connectivity index (χ1v) is 5.74. The van der Waals surface area contributed by atoms with Gasteiger partial charge in [0.25, 0.3) is 0 Å². The molecule has 1 fully saturated rings. The van der Waals surface area contributed by atoms with Crippen molar-refractivity contribution in [1.29, 1.82) is 0 Å². The quantitative estimate of drug-likeness (QED) is 0.836. The number of aryl methyl sites for hydroxylation is 1. The molecule has 0 bridgehead atoms. The third kappa shape index (κ3) is 1.37. The number of aromatic nitrogens is 3. The highest BCUT2D eigenvalue weighted by Crippen LogP contribution is 2.39. The van der Waals surface area contributed by atoms with E-state index in [9.17, 15) is 4.79 Å². The highest BCUT2D eigenvalue weighted by molar-refractivity contribution is 5.78. The molecule has 0 aliphatic heterocycles. The van der Waals surface area contributed by atoms with Gasteiger partial charge < -0.3 is 4.98 Å². The van der Waals surface area contributed by atoms with Crippen molar-refractivity contribution >= 4 is 11.0 Å². The molecule has 1 N–H and O–H groups in total. The number of hydrogen-bond donors (Lipinski definition) is 1. The average molecular weight is 217 g/mol. The van der Waals surface area contributed by atoms with Crippen molar-refractivity contribution in [3.63, 3.8) is 0 Å². The Morgan fingerprint density at radius 1 is 1.56 bits per heavy atom. The van der Waals surface area contributed by atoms with Gasteiger partial charge in [0.1, 0.15) is 5.65 Å². The van der Waals surface area contributed by atoms with Crippen molar-refractivity contribution in [1.82, 2.24) is 14.8 Å². The smallest absolute Gasteiger partial charge is 0.249 e. The predicted molar refractivity (Wildman–Crippen MR) is 62.5 cm³/mol. The summed E-state index contributed by atoms with van der Waals surface area (Å²) in [6, 6.07) is 2.01. The van der Waals surface area contributed by atoms with E-state index in [1.54, 1.807) is 6.07 Å². The summed E-state index contributed by atoms with van der Waals surface area (Å²) in [5.41, 5.74) is 1.81. The van der Waals surface area contributed by atoms with E-state index in [1.807, 2.05) is 17.8 Å². The van der Waals surface area contributed by atoms with E-state index in [4.69, 9.17) is 0 Å². The molecule has 0 spiro atoms. The Bertz CT molecular complexity index is 592. The van der Waals surface area contributed by atoms with Gasteiger partial charge in [0.2, 0.25) is 5.56 Å². The third-order valence-corrected chi connectivity index (χ3v) is 3.50. The standard InChI is InChI=1S/C12H15N3O/c1-7-5-11(16)14-12-10(7)6-13-15(12)8(2)9-3-4-9/h5-6,8-9H,3-4H2,1-2H3,(H,14,16)/t8-/m1/s1. The molecular weight excluding hydrogens is 202 g/mol. The molecule has 1 saturated carbocycles. The second-order valence-corrected chi connectivity index (χ2v) is 4.75. The summed E-state index contributed by atoms with van der Waals surface area (Å²) in [5, 5.41) is 5.45. The van der Waals surface area contributed by atoms with E-state index in [-0.39, 0.29) is 5.56 Å². The minimum absolute atomic E-state index is 0.0465. The molecule has 4 nitrogen and oxygen atoms in total. The van der Waals surface area contributed by atoms with Gasteiger partial charge in [0, 0.05) is 11.5 Å². The topological polar surface area (TPSA) is 50.7 Å². The zero-order valence-corrected chi connectivity index (χ0v) is 9.53. The van der Waals surface area contributed by atoms with Crippen molar-refractivity contribution in [3.05, 3.63) is 28.2 Å². The van der Waals surface area contributed by atoms with Crippen molar-refractivity contribution in [2.24, 2.45) is 5.92 Å². The van der Waals surface area contributed by atoms with Crippen molar-refractivity contribution < 1.29 is 0 Å². The molecule has 84 valence electrons. The Hall–Kier alpha value is -1.58. The Morgan fingerprint density at radius 3 is 3.00 bits per heavy atom. The van der Waals surface area contributed by atoms with Crippen molar-refractivity contribution in [2.45, 2.75) is 32.7 Å². The zero-order chi connectivity index (χ0) is 11.3. The highest BCUT2D eigenvalue weighted by Gasteiger charge is 2.30. The largest absolute Gasteiger partial charge is 0.307 e. The number of hydrogen-bond acceptors (Lipinski definition) is 2. The molecule has 0 aromatic carbocycles. The second-order valence-electron chi connectivity index (χ2n) is 4.75. The molecule has 4 heteroatoms. The molecule has 2 aromatic rings. The van der Waals surface area contributed by atoms with Crippen molar-refractivity contribution in [3.8, 4) is 0 Å². The number of rotatable bonds is 2. The van der Waals surface area contributed by atoms with Crippen LogP contribution >= 0.6 is 0 Å². The van der Waals surface area contributed by atoms with Gasteiger partial charge in [-0.25, -0.2) is 4.68 Å². The maximum Gasteiger partial charge on any atom is 0.249 e. The maximum absolute atomic E-state index is 11.5. The van der Waals surface area contributed by atoms with Crippen LogP contribution in [-0.4, -0.2) is 14.8 Å². The molecule has 1 aliphatic rings. The summed E-state index contributed by atoms with van der Waals surface area (Å²) in [7, 11) is 0. The Labute approximate surface area is 93.3 Å². The fourth-order valence-electron chi connectivity index (χ4n) is 2.29. The van der Waals surface area contributed by atoms with Gasteiger partial charge in [-0.15, -0.1) is 0 Å². The molecule has 16 heavy (non-hydrogen) atoms. The van der Waals surface area contributed by atoms with Gasteiger partial charge in [0.05, 0.1) is 12.2 Å². The van der Waals surface area contributed by atoms with Crippen LogP contribution in [0.5, 0.6) is 0 Å². The van der Waals surface area contributed by atoms with Crippen LogP contribution in [0.3, 0.4) is 0 Å². The highest BCUT2D eigenvalue weighted by atomic mass is 16.1. The number of pyridine rings is 1. The molecule has 0 amide bonds. The minimum Gasteiger partial charge on any atom is -0.307 e. The van der Waals surface area contributed by atoms with Crippen molar-refractivity contribution in [2.75, 3.05) is 0 Å². The molecule has 2 heterocycles. The first-order valence-electron chi connectivity index (χ1n) is 5.74. The fourth-order valence-corrected chi connectivity index (χ4v) is 2.29. The monoisotopic (exact) mass is 217 g/mol. The number of H-pyrrole nitrogens is 1. The molecule has 0 unspecified atom stereocenters. The second kappa shape index (κ2) is 3.20. The normalized spacial score (nSPS) is 17.9. The van der Waals surface area contributed by atoms with Gasteiger partial charge >= 0.3 is 0 Å². The van der Waals surface area contributed by atoms with E-state index < -0.39 is 0 Å². The average Bonchev–Trinajstić information content (AvgIpc) is 2.98. The summed E-state index contributed by atoms with van der Waals surface area (Å²) in [6.45, 7) is 4.12.